The van der Waals surface area contributed by atoms with Crippen molar-refractivity contribution >= 4 is 33.2 Å². The van der Waals surface area contributed by atoms with Gasteiger partial charge >= 0.3 is 0 Å². The molecule has 1 aromatic heterocycles. The molecule has 3 rings (SSSR count). The van der Waals surface area contributed by atoms with Gasteiger partial charge in [0.15, 0.2) is 0 Å². The number of rotatable bonds is 1. The Hall–Kier alpha value is -1.58. The van der Waals surface area contributed by atoms with Crippen LogP contribution in [0.25, 0.3) is 20.8 Å². The van der Waals surface area contributed by atoms with E-state index >= 15 is 0 Å². The lowest BCUT2D eigenvalue weighted by Gasteiger charge is -2.05. The Morgan fingerprint density at radius 1 is 1.17 bits per heavy atom. The quantitative estimate of drug-likeness (QED) is 0.702. The molecule has 0 radical (unpaired) electrons. The summed E-state index contributed by atoms with van der Waals surface area (Å²) in [5.74, 6) is 0.133. The van der Waals surface area contributed by atoms with Crippen LogP contribution in [0.1, 0.15) is 5.56 Å². The molecule has 0 amide bonds. The SMILES string of the molecule is Cc1ccc(-c2nc3ccccc3s2)c(Cl)c1O. The maximum Gasteiger partial charge on any atom is 0.137 e. The molecule has 0 aliphatic carbocycles. The minimum atomic E-state index is 0.133. The molecule has 2 aromatic carbocycles. The highest BCUT2D eigenvalue weighted by molar-refractivity contribution is 7.21. The lowest BCUT2D eigenvalue weighted by atomic mass is 10.1. The van der Waals surface area contributed by atoms with Gasteiger partial charge in [0.2, 0.25) is 0 Å². The number of aryl methyl sites for hydroxylation is 1. The largest absolute Gasteiger partial charge is 0.506 e. The van der Waals surface area contributed by atoms with Crippen molar-refractivity contribution < 1.29 is 5.11 Å². The first-order chi connectivity index (χ1) is 8.66. The Labute approximate surface area is 113 Å². The summed E-state index contributed by atoms with van der Waals surface area (Å²) in [6.07, 6.45) is 0. The molecule has 2 nitrogen and oxygen atoms in total. The summed E-state index contributed by atoms with van der Waals surface area (Å²) in [5.41, 5.74) is 2.50. The van der Waals surface area contributed by atoms with Gasteiger partial charge in [0.25, 0.3) is 0 Å². The van der Waals surface area contributed by atoms with Crippen LogP contribution >= 0.6 is 22.9 Å². The fourth-order valence-electron chi connectivity index (χ4n) is 1.81. The lowest BCUT2D eigenvalue weighted by molar-refractivity contribution is 0.471. The second kappa shape index (κ2) is 4.26. The molecule has 0 saturated carbocycles. The van der Waals surface area contributed by atoms with Gasteiger partial charge in [-0.3, -0.25) is 0 Å². The summed E-state index contributed by atoms with van der Waals surface area (Å²) in [5, 5.41) is 11.1. The van der Waals surface area contributed by atoms with Crippen LogP contribution < -0.4 is 0 Å². The van der Waals surface area contributed by atoms with Gasteiger partial charge in [-0.25, -0.2) is 4.98 Å². The summed E-state index contributed by atoms with van der Waals surface area (Å²) in [7, 11) is 0. The molecule has 0 spiro atoms. The minimum Gasteiger partial charge on any atom is -0.506 e. The van der Waals surface area contributed by atoms with Crippen molar-refractivity contribution in [3.8, 4) is 16.3 Å². The van der Waals surface area contributed by atoms with Crippen molar-refractivity contribution in [2.75, 3.05) is 0 Å². The van der Waals surface area contributed by atoms with E-state index in [0.717, 1.165) is 26.4 Å². The van der Waals surface area contributed by atoms with Crippen molar-refractivity contribution in [1.29, 1.82) is 0 Å². The zero-order valence-corrected chi connectivity index (χ0v) is 11.2. The number of nitrogens with zero attached hydrogens (tertiary/aromatic N) is 1. The van der Waals surface area contributed by atoms with Crippen molar-refractivity contribution in [2.45, 2.75) is 6.92 Å². The number of halogens is 1. The Balaban J connectivity index is 2.23. The van der Waals surface area contributed by atoms with E-state index in [1.54, 1.807) is 11.3 Å². The van der Waals surface area contributed by atoms with Crippen LogP contribution in [0.2, 0.25) is 5.02 Å². The molecule has 1 N–H and O–H groups in total. The van der Waals surface area contributed by atoms with Gasteiger partial charge in [-0.15, -0.1) is 11.3 Å². The predicted octanol–water partition coefficient (Wildman–Crippen LogP) is 4.63. The number of phenolic OH excluding ortho intramolecular Hbond substituents is 1. The molecule has 4 heteroatoms. The van der Waals surface area contributed by atoms with Gasteiger partial charge in [-0.05, 0) is 30.7 Å². The van der Waals surface area contributed by atoms with Crippen LogP contribution in [0.4, 0.5) is 0 Å². The number of thiazole rings is 1. The van der Waals surface area contributed by atoms with E-state index in [0.29, 0.717) is 5.02 Å². The molecular formula is C14H10ClNOS. The van der Waals surface area contributed by atoms with Gasteiger partial charge < -0.3 is 5.11 Å². The van der Waals surface area contributed by atoms with E-state index in [1.807, 2.05) is 43.3 Å². The van der Waals surface area contributed by atoms with Crippen LogP contribution in [0, 0.1) is 6.92 Å². The van der Waals surface area contributed by atoms with E-state index in [9.17, 15) is 5.11 Å². The molecule has 0 fully saturated rings. The third-order valence-corrected chi connectivity index (χ3v) is 4.29. The number of fused-ring (bicyclic) bond motifs is 1. The zero-order chi connectivity index (χ0) is 12.7. The van der Waals surface area contributed by atoms with Crippen molar-refractivity contribution in [3.05, 3.63) is 47.0 Å². The number of benzene rings is 2. The Kier molecular flexibility index (Phi) is 2.73. The Morgan fingerprint density at radius 3 is 2.72 bits per heavy atom. The Bertz CT molecular complexity index is 703. The normalized spacial score (nSPS) is 11.0. The molecule has 0 atom stereocenters. The topological polar surface area (TPSA) is 33.1 Å². The average molecular weight is 276 g/mol. The van der Waals surface area contributed by atoms with Crippen LogP contribution in [-0.4, -0.2) is 10.1 Å². The highest BCUT2D eigenvalue weighted by Crippen LogP contribution is 2.39. The van der Waals surface area contributed by atoms with E-state index in [2.05, 4.69) is 4.98 Å². The second-order valence-corrected chi connectivity index (χ2v) is 5.49. The molecule has 1 heterocycles. The maximum absolute atomic E-state index is 9.87. The molecule has 0 bridgehead atoms. The first kappa shape index (κ1) is 11.5. The first-order valence-electron chi connectivity index (χ1n) is 5.51. The van der Waals surface area contributed by atoms with E-state index in [1.165, 1.54) is 0 Å². The summed E-state index contributed by atoms with van der Waals surface area (Å²) in [6.45, 7) is 1.82. The molecule has 0 aliphatic rings. The highest BCUT2D eigenvalue weighted by atomic mass is 35.5. The third kappa shape index (κ3) is 1.76. The van der Waals surface area contributed by atoms with E-state index < -0.39 is 0 Å². The van der Waals surface area contributed by atoms with Crippen molar-refractivity contribution in [2.24, 2.45) is 0 Å². The van der Waals surface area contributed by atoms with Gasteiger partial charge in [0.1, 0.15) is 10.8 Å². The molecule has 90 valence electrons. The zero-order valence-electron chi connectivity index (χ0n) is 9.64. The standard InChI is InChI=1S/C14H10ClNOS/c1-8-6-7-9(12(15)13(8)17)14-16-10-4-2-3-5-11(10)18-14/h2-7,17H,1H3. The summed E-state index contributed by atoms with van der Waals surface area (Å²) in [4.78, 5) is 4.54. The molecule has 18 heavy (non-hydrogen) atoms. The van der Waals surface area contributed by atoms with Gasteiger partial charge in [0, 0.05) is 5.56 Å². The fourth-order valence-corrected chi connectivity index (χ4v) is 3.17. The number of aromatic hydroxyl groups is 1. The lowest BCUT2D eigenvalue weighted by Crippen LogP contribution is -1.82. The monoisotopic (exact) mass is 275 g/mol. The molecule has 0 unspecified atom stereocenters. The third-order valence-electron chi connectivity index (χ3n) is 2.84. The maximum atomic E-state index is 9.87. The van der Waals surface area contributed by atoms with Gasteiger partial charge in [0.05, 0.1) is 15.2 Å². The number of aromatic nitrogens is 1. The Morgan fingerprint density at radius 2 is 1.94 bits per heavy atom. The molecule has 0 aliphatic heterocycles. The smallest absolute Gasteiger partial charge is 0.137 e. The summed E-state index contributed by atoms with van der Waals surface area (Å²) in [6, 6.07) is 11.7. The number of para-hydroxylation sites is 1. The van der Waals surface area contributed by atoms with E-state index in [4.69, 9.17) is 11.6 Å². The fraction of sp³-hybridized carbons (Fsp3) is 0.0714. The minimum absolute atomic E-state index is 0.133. The van der Waals surface area contributed by atoms with Crippen LogP contribution in [0.5, 0.6) is 5.75 Å². The van der Waals surface area contributed by atoms with Crippen molar-refractivity contribution in [1.82, 2.24) is 4.98 Å². The first-order valence-corrected chi connectivity index (χ1v) is 6.70. The number of hydrogen-bond donors (Lipinski definition) is 1. The average Bonchev–Trinajstić information content (AvgIpc) is 2.79. The summed E-state index contributed by atoms with van der Waals surface area (Å²) >= 11 is 7.75. The molecule has 3 aromatic rings. The van der Waals surface area contributed by atoms with E-state index in [-0.39, 0.29) is 5.75 Å². The van der Waals surface area contributed by atoms with Crippen LogP contribution in [0.3, 0.4) is 0 Å². The molecule has 0 saturated heterocycles. The van der Waals surface area contributed by atoms with Gasteiger partial charge in [-0.1, -0.05) is 29.8 Å². The van der Waals surface area contributed by atoms with Crippen molar-refractivity contribution in [3.63, 3.8) is 0 Å². The second-order valence-electron chi connectivity index (χ2n) is 4.08. The highest BCUT2D eigenvalue weighted by Gasteiger charge is 2.13. The number of hydrogen-bond acceptors (Lipinski definition) is 3. The van der Waals surface area contributed by atoms with Crippen LogP contribution in [-0.2, 0) is 0 Å². The number of phenols is 1. The predicted molar refractivity (Wildman–Crippen MR) is 76.5 cm³/mol. The summed E-state index contributed by atoms with van der Waals surface area (Å²) < 4.78 is 1.11. The van der Waals surface area contributed by atoms with Gasteiger partial charge in [-0.2, -0.15) is 0 Å². The molecular weight excluding hydrogens is 266 g/mol. The van der Waals surface area contributed by atoms with Crippen LogP contribution in [0.15, 0.2) is 36.4 Å².